The highest BCUT2D eigenvalue weighted by atomic mass is 79.9. The van der Waals surface area contributed by atoms with E-state index < -0.39 is 0 Å². The number of ketones is 1. The van der Waals surface area contributed by atoms with E-state index in [9.17, 15) is 4.79 Å². The van der Waals surface area contributed by atoms with Crippen LogP contribution in [0.5, 0.6) is 0 Å². The van der Waals surface area contributed by atoms with E-state index in [0.29, 0.717) is 18.6 Å². The van der Waals surface area contributed by atoms with Crippen LogP contribution in [0.1, 0.15) is 18.4 Å². The number of nitrogens with zero attached hydrogens (tertiary/aromatic N) is 1. The first-order valence-corrected chi connectivity index (χ1v) is 6.91. The molecule has 1 fully saturated rings. The van der Waals surface area contributed by atoms with Gasteiger partial charge in [0, 0.05) is 41.4 Å². The molecule has 0 atom stereocenters. The van der Waals surface area contributed by atoms with Gasteiger partial charge in [-0.15, -0.1) is 0 Å². The third-order valence-corrected chi connectivity index (χ3v) is 3.66. The van der Waals surface area contributed by atoms with Gasteiger partial charge >= 0.3 is 0 Å². The van der Waals surface area contributed by atoms with E-state index in [-0.39, 0.29) is 0 Å². The van der Waals surface area contributed by atoms with Crippen LogP contribution in [-0.4, -0.2) is 23.8 Å². The minimum absolute atomic E-state index is 0.395. The molecule has 1 aromatic carbocycles. The second-order valence-corrected chi connectivity index (χ2v) is 5.92. The maximum atomic E-state index is 11.1. The first-order valence-electron chi connectivity index (χ1n) is 5.32. The average molecular weight is 347 g/mol. The number of hydrogen-bond donors (Lipinski definition) is 0. The molecule has 0 spiro atoms. The molecule has 0 aliphatic carbocycles. The Hall–Kier alpha value is -0.190. The largest absolute Gasteiger partial charge is 0.300 e. The fourth-order valence-electron chi connectivity index (χ4n) is 1.92. The molecule has 0 radical (unpaired) electrons. The number of rotatable bonds is 2. The van der Waals surface area contributed by atoms with Crippen LogP contribution in [0.3, 0.4) is 0 Å². The zero-order valence-corrected chi connectivity index (χ0v) is 12.1. The molecule has 2 rings (SSSR count). The van der Waals surface area contributed by atoms with Gasteiger partial charge in [-0.3, -0.25) is 9.69 Å². The zero-order valence-electron chi connectivity index (χ0n) is 8.88. The summed E-state index contributed by atoms with van der Waals surface area (Å²) in [5, 5.41) is 0. The van der Waals surface area contributed by atoms with E-state index in [2.05, 4.69) is 48.9 Å². The van der Waals surface area contributed by atoms with Gasteiger partial charge in [-0.2, -0.15) is 0 Å². The average Bonchev–Trinajstić information content (AvgIpc) is 2.20. The molecule has 0 amide bonds. The Balaban J connectivity index is 2.00. The lowest BCUT2D eigenvalue weighted by Gasteiger charge is -2.25. The summed E-state index contributed by atoms with van der Waals surface area (Å²) in [5.74, 6) is 0.395. The Labute approximate surface area is 112 Å². The van der Waals surface area contributed by atoms with E-state index in [1.807, 2.05) is 6.07 Å². The van der Waals surface area contributed by atoms with Crippen LogP contribution >= 0.6 is 31.9 Å². The molecule has 4 heteroatoms. The highest BCUT2D eigenvalue weighted by Gasteiger charge is 2.16. The first-order chi connectivity index (χ1) is 7.63. The molecule has 0 N–H and O–H groups in total. The number of likely N-dealkylation sites (tertiary alicyclic amines) is 1. The predicted octanol–water partition coefficient (Wildman–Crippen LogP) is 3.38. The maximum Gasteiger partial charge on any atom is 0.135 e. The number of carbonyl (C=O) groups is 1. The summed E-state index contributed by atoms with van der Waals surface area (Å²) in [7, 11) is 0. The van der Waals surface area contributed by atoms with Crippen molar-refractivity contribution < 1.29 is 4.79 Å². The molecule has 1 aliphatic heterocycles. The van der Waals surface area contributed by atoms with Crippen molar-refractivity contribution in [1.29, 1.82) is 0 Å². The maximum absolute atomic E-state index is 11.1. The number of carbonyl (C=O) groups excluding carboxylic acids is 1. The van der Waals surface area contributed by atoms with E-state index in [4.69, 9.17) is 0 Å². The molecule has 1 aliphatic rings. The van der Waals surface area contributed by atoms with Crippen molar-refractivity contribution in [1.82, 2.24) is 4.90 Å². The van der Waals surface area contributed by atoms with Gasteiger partial charge < -0.3 is 0 Å². The summed E-state index contributed by atoms with van der Waals surface area (Å²) < 4.78 is 2.18. The van der Waals surface area contributed by atoms with Gasteiger partial charge in [0.05, 0.1) is 0 Å². The quantitative estimate of drug-likeness (QED) is 0.818. The third-order valence-electron chi connectivity index (χ3n) is 2.74. The Bertz CT molecular complexity index is 376. The summed E-state index contributed by atoms with van der Waals surface area (Å²) in [4.78, 5) is 13.5. The van der Waals surface area contributed by atoms with Gasteiger partial charge in [-0.25, -0.2) is 0 Å². The monoisotopic (exact) mass is 345 g/mol. The lowest BCUT2D eigenvalue weighted by atomic mass is 10.1. The number of piperidine rings is 1. The van der Waals surface area contributed by atoms with Gasteiger partial charge in [0.1, 0.15) is 5.78 Å². The second kappa shape index (κ2) is 5.43. The number of halogens is 2. The normalized spacial score (nSPS) is 17.8. The van der Waals surface area contributed by atoms with Crippen LogP contribution in [0, 0.1) is 0 Å². The summed E-state index contributed by atoms with van der Waals surface area (Å²) in [5.41, 5.74) is 1.27. The van der Waals surface area contributed by atoms with Gasteiger partial charge in [-0.05, 0) is 23.8 Å². The van der Waals surface area contributed by atoms with Crippen LogP contribution < -0.4 is 0 Å². The van der Waals surface area contributed by atoms with Crippen molar-refractivity contribution >= 4 is 37.6 Å². The van der Waals surface area contributed by atoms with E-state index >= 15 is 0 Å². The van der Waals surface area contributed by atoms with Gasteiger partial charge in [0.2, 0.25) is 0 Å². The molecule has 0 bridgehead atoms. The second-order valence-electron chi connectivity index (χ2n) is 4.09. The van der Waals surface area contributed by atoms with Gasteiger partial charge in [0.25, 0.3) is 0 Å². The molecule has 2 nitrogen and oxygen atoms in total. The fourth-order valence-corrected chi connectivity index (χ4v) is 3.31. The number of hydrogen-bond acceptors (Lipinski definition) is 2. The summed E-state index contributed by atoms with van der Waals surface area (Å²) in [6, 6.07) is 6.28. The molecule has 0 saturated carbocycles. The van der Waals surface area contributed by atoms with Crippen LogP contribution in [0.4, 0.5) is 0 Å². The first kappa shape index (κ1) is 12.3. The smallest absolute Gasteiger partial charge is 0.135 e. The number of benzene rings is 1. The SMILES string of the molecule is O=C1CCN(Cc2cc(Br)cc(Br)c2)CC1. The Morgan fingerprint density at radius 3 is 2.19 bits per heavy atom. The molecule has 0 unspecified atom stereocenters. The predicted molar refractivity (Wildman–Crippen MR) is 71.4 cm³/mol. The third kappa shape index (κ3) is 3.40. The molecule has 86 valence electrons. The Morgan fingerprint density at radius 2 is 1.62 bits per heavy atom. The number of Topliss-reactive ketones (excluding diaryl/α,β-unsaturated/α-hetero) is 1. The molecule has 16 heavy (non-hydrogen) atoms. The molecular formula is C12H13Br2NO. The summed E-state index contributed by atoms with van der Waals surface area (Å²) in [6.07, 6.45) is 1.41. The Morgan fingerprint density at radius 1 is 1.06 bits per heavy atom. The van der Waals surface area contributed by atoms with Gasteiger partial charge in [-0.1, -0.05) is 31.9 Å². The summed E-state index contributed by atoms with van der Waals surface area (Å²) >= 11 is 6.97. The van der Waals surface area contributed by atoms with E-state index in [0.717, 1.165) is 28.6 Å². The molecular weight excluding hydrogens is 334 g/mol. The van der Waals surface area contributed by atoms with Crippen molar-refractivity contribution in [3.63, 3.8) is 0 Å². The highest BCUT2D eigenvalue weighted by molar-refractivity contribution is 9.11. The van der Waals surface area contributed by atoms with Crippen LogP contribution in [0.15, 0.2) is 27.1 Å². The highest BCUT2D eigenvalue weighted by Crippen LogP contribution is 2.21. The molecule has 0 aromatic heterocycles. The minimum Gasteiger partial charge on any atom is -0.300 e. The van der Waals surface area contributed by atoms with Crippen LogP contribution in [0.25, 0.3) is 0 Å². The lowest BCUT2D eigenvalue weighted by Crippen LogP contribution is -2.33. The van der Waals surface area contributed by atoms with E-state index in [1.54, 1.807) is 0 Å². The fraction of sp³-hybridized carbons (Fsp3) is 0.417. The summed E-state index contributed by atoms with van der Waals surface area (Å²) in [6.45, 7) is 2.71. The molecule has 1 heterocycles. The standard InChI is InChI=1S/C12H13Br2NO/c13-10-5-9(6-11(14)7-10)8-15-3-1-12(16)2-4-15/h5-7H,1-4,8H2. The Kier molecular flexibility index (Phi) is 4.16. The zero-order chi connectivity index (χ0) is 11.5. The van der Waals surface area contributed by atoms with Crippen molar-refractivity contribution in [2.45, 2.75) is 19.4 Å². The van der Waals surface area contributed by atoms with Crippen molar-refractivity contribution in [3.05, 3.63) is 32.7 Å². The van der Waals surface area contributed by atoms with Gasteiger partial charge in [0.15, 0.2) is 0 Å². The van der Waals surface area contributed by atoms with E-state index in [1.165, 1.54) is 5.56 Å². The molecule has 1 aromatic rings. The van der Waals surface area contributed by atoms with Crippen molar-refractivity contribution in [2.24, 2.45) is 0 Å². The van der Waals surface area contributed by atoms with Crippen molar-refractivity contribution in [3.8, 4) is 0 Å². The van der Waals surface area contributed by atoms with Crippen molar-refractivity contribution in [2.75, 3.05) is 13.1 Å². The minimum atomic E-state index is 0.395. The molecule has 1 saturated heterocycles. The lowest BCUT2D eigenvalue weighted by molar-refractivity contribution is -0.121. The van der Waals surface area contributed by atoms with Crippen LogP contribution in [0.2, 0.25) is 0 Å². The van der Waals surface area contributed by atoms with Crippen LogP contribution in [-0.2, 0) is 11.3 Å². The topological polar surface area (TPSA) is 20.3 Å².